The lowest BCUT2D eigenvalue weighted by Gasteiger charge is -1.99. The summed E-state index contributed by atoms with van der Waals surface area (Å²) >= 11 is 3.37. The maximum atomic E-state index is 10.6. The number of aromatic nitrogens is 2. The van der Waals surface area contributed by atoms with Crippen molar-refractivity contribution in [3.8, 4) is 0 Å². The van der Waals surface area contributed by atoms with Gasteiger partial charge >= 0.3 is 0 Å². The molecule has 0 amide bonds. The summed E-state index contributed by atoms with van der Waals surface area (Å²) in [6.45, 7) is 1.96. The molecule has 0 aromatic carbocycles. The Morgan fingerprint density at radius 1 is 1.62 bits per heavy atom. The van der Waals surface area contributed by atoms with E-state index in [0.717, 1.165) is 22.0 Å². The minimum atomic E-state index is 0.569. The molecule has 0 fully saturated rings. The third-order valence-electron chi connectivity index (χ3n) is 1.91. The van der Waals surface area contributed by atoms with E-state index in [1.807, 2.05) is 19.2 Å². The summed E-state index contributed by atoms with van der Waals surface area (Å²) in [7, 11) is 0. The first kappa shape index (κ1) is 8.44. The number of fused-ring (bicyclic) bond motifs is 1. The fraction of sp³-hybridized carbons (Fsp3) is 0.111. The number of halogens is 1. The van der Waals surface area contributed by atoms with Gasteiger partial charge in [0, 0.05) is 10.7 Å². The molecule has 2 rings (SSSR count). The van der Waals surface area contributed by atoms with E-state index >= 15 is 0 Å². The van der Waals surface area contributed by atoms with Crippen LogP contribution in [0.4, 0.5) is 0 Å². The predicted molar refractivity (Wildman–Crippen MR) is 53.0 cm³/mol. The van der Waals surface area contributed by atoms with E-state index in [9.17, 15) is 4.79 Å². The number of rotatable bonds is 1. The number of carbonyl (C=O) groups excluding carboxylic acids is 1. The van der Waals surface area contributed by atoms with E-state index in [-0.39, 0.29) is 0 Å². The molecule has 0 N–H and O–H groups in total. The zero-order valence-corrected chi connectivity index (χ0v) is 8.58. The summed E-state index contributed by atoms with van der Waals surface area (Å²) in [6, 6.07) is 1.97. The quantitative estimate of drug-likeness (QED) is 0.715. The molecule has 0 unspecified atom stereocenters. The number of hydrogen-bond donors (Lipinski definition) is 0. The lowest BCUT2D eigenvalue weighted by atomic mass is 10.3. The molecule has 3 nitrogen and oxygen atoms in total. The van der Waals surface area contributed by atoms with E-state index in [4.69, 9.17) is 0 Å². The van der Waals surface area contributed by atoms with Crippen LogP contribution in [-0.4, -0.2) is 15.7 Å². The Labute approximate surface area is 83.5 Å². The Hall–Kier alpha value is -1.16. The van der Waals surface area contributed by atoms with Gasteiger partial charge in [-0.15, -0.1) is 0 Å². The lowest BCUT2D eigenvalue weighted by Crippen LogP contribution is -1.92. The Morgan fingerprint density at radius 3 is 3.08 bits per heavy atom. The molecule has 0 atom stereocenters. The van der Waals surface area contributed by atoms with E-state index in [0.29, 0.717) is 5.69 Å². The van der Waals surface area contributed by atoms with Crippen LogP contribution in [0.5, 0.6) is 0 Å². The van der Waals surface area contributed by atoms with Crippen molar-refractivity contribution in [1.29, 1.82) is 0 Å². The summed E-state index contributed by atoms with van der Waals surface area (Å²) < 4.78 is 2.71. The second kappa shape index (κ2) is 2.96. The van der Waals surface area contributed by atoms with Crippen LogP contribution in [0.15, 0.2) is 22.9 Å². The van der Waals surface area contributed by atoms with E-state index in [2.05, 4.69) is 20.9 Å². The molecule has 0 aliphatic carbocycles. The van der Waals surface area contributed by atoms with Crippen LogP contribution in [0.25, 0.3) is 5.65 Å². The van der Waals surface area contributed by atoms with E-state index in [1.165, 1.54) is 0 Å². The Morgan fingerprint density at radius 2 is 2.38 bits per heavy atom. The molecule has 2 heterocycles. The van der Waals surface area contributed by atoms with Crippen molar-refractivity contribution in [2.45, 2.75) is 6.92 Å². The van der Waals surface area contributed by atoms with E-state index in [1.54, 1.807) is 10.6 Å². The maximum absolute atomic E-state index is 10.6. The normalized spacial score (nSPS) is 10.6. The summed E-state index contributed by atoms with van der Waals surface area (Å²) in [5.41, 5.74) is 2.44. The van der Waals surface area contributed by atoms with Gasteiger partial charge in [0.15, 0.2) is 6.29 Å². The topological polar surface area (TPSA) is 34.4 Å². The molecule has 0 bridgehead atoms. The van der Waals surface area contributed by atoms with Crippen LogP contribution in [0.1, 0.15) is 16.1 Å². The van der Waals surface area contributed by atoms with E-state index < -0.39 is 0 Å². The molecule has 2 aromatic heterocycles. The van der Waals surface area contributed by atoms with Gasteiger partial charge in [0.1, 0.15) is 11.3 Å². The van der Waals surface area contributed by atoms with Gasteiger partial charge in [0.05, 0.1) is 6.20 Å². The van der Waals surface area contributed by atoms with Gasteiger partial charge in [-0.05, 0) is 34.5 Å². The average Bonchev–Trinajstić information content (AvgIpc) is 2.47. The van der Waals surface area contributed by atoms with Gasteiger partial charge in [0.2, 0.25) is 0 Å². The van der Waals surface area contributed by atoms with Crippen LogP contribution >= 0.6 is 15.9 Å². The molecule has 0 saturated carbocycles. The number of pyridine rings is 1. The van der Waals surface area contributed by atoms with Crippen molar-refractivity contribution < 1.29 is 4.79 Å². The molecule has 0 saturated heterocycles. The summed E-state index contributed by atoms with van der Waals surface area (Å²) in [6.07, 6.45) is 4.20. The molecule has 4 heteroatoms. The number of nitrogens with zero attached hydrogens (tertiary/aromatic N) is 2. The fourth-order valence-electron chi connectivity index (χ4n) is 1.32. The molecule has 0 aliphatic heterocycles. The van der Waals surface area contributed by atoms with Crippen LogP contribution in [0, 0.1) is 6.92 Å². The van der Waals surface area contributed by atoms with Crippen molar-refractivity contribution in [3.63, 3.8) is 0 Å². The number of aldehydes is 1. The van der Waals surface area contributed by atoms with Crippen molar-refractivity contribution in [3.05, 3.63) is 34.2 Å². The first-order chi connectivity index (χ1) is 6.22. The Bertz CT molecular complexity index is 476. The average molecular weight is 239 g/mol. The van der Waals surface area contributed by atoms with Crippen molar-refractivity contribution in [1.82, 2.24) is 9.38 Å². The number of aryl methyl sites for hydroxylation is 1. The van der Waals surface area contributed by atoms with Gasteiger partial charge in [-0.2, -0.15) is 0 Å². The summed E-state index contributed by atoms with van der Waals surface area (Å²) in [4.78, 5) is 14.8. The van der Waals surface area contributed by atoms with Gasteiger partial charge in [-0.3, -0.25) is 9.20 Å². The highest BCUT2D eigenvalue weighted by molar-refractivity contribution is 9.10. The number of hydrogen-bond acceptors (Lipinski definition) is 2. The molecule has 0 aliphatic rings. The first-order valence-electron chi connectivity index (χ1n) is 3.81. The van der Waals surface area contributed by atoms with Crippen molar-refractivity contribution in [2.75, 3.05) is 0 Å². The van der Waals surface area contributed by atoms with Crippen LogP contribution in [0.3, 0.4) is 0 Å². The lowest BCUT2D eigenvalue weighted by molar-refractivity contribution is 0.111. The van der Waals surface area contributed by atoms with Crippen LogP contribution < -0.4 is 0 Å². The smallest absolute Gasteiger partial charge is 0.168 e. The first-order valence-corrected chi connectivity index (χ1v) is 4.60. The Kier molecular flexibility index (Phi) is 1.92. The number of carbonyl (C=O) groups is 1. The third kappa shape index (κ3) is 1.27. The van der Waals surface area contributed by atoms with Crippen LogP contribution in [0.2, 0.25) is 0 Å². The standard InChI is InChI=1S/C9H7BrN2O/c1-6-2-7(10)4-12-8(5-13)3-11-9(6)12/h2-5H,1H3. The highest BCUT2D eigenvalue weighted by Crippen LogP contribution is 2.17. The van der Waals surface area contributed by atoms with Gasteiger partial charge in [0.25, 0.3) is 0 Å². The molecule has 13 heavy (non-hydrogen) atoms. The molecular weight excluding hydrogens is 232 g/mol. The zero-order valence-electron chi connectivity index (χ0n) is 6.99. The fourth-order valence-corrected chi connectivity index (χ4v) is 1.87. The maximum Gasteiger partial charge on any atom is 0.168 e. The van der Waals surface area contributed by atoms with Crippen molar-refractivity contribution in [2.24, 2.45) is 0 Å². The molecular formula is C9H7BrN2O. The van der Waals surface area contributed by atoms with Gasteiger partial charge in [-0.1, -0.05) is 0 Å². The van der Waals surface area contributed by atoms with Gasteiger partial charge in [-0.25, -0.2) is 4.98 Å². The summed E-state index contributed by atoms with van der Waals surface area (Å²) in [5, 5.41) is 0. The van der Waals surface area contributed by atoms with Gasteiger partial charge < -0.3 is 0 Å². The third-order valence-corrected chi connectivity index (χ3v) is 2.34. The second-order valence-electron chi connectivity index (χ2n) is 2.84. The molecule has 0 radical (unpaired) electrons. The van der Waals surface area contributed by atoms with Crippen molar-refractivity contribution >= 4 is 27.9 Å². The predicted octanol–water partition coefficient (Wildman–Crippen LogP) is 2.22. The monoisotopic (exact) mass is 238 g/mol. The Balaban J connectivity index is 2.89. The largest absolute Gasteiger partial charge is 0.296 e. The zero-order chi connectivity index (χ0) is 9.42. The highest BCUT2D eigenvalue weighted by atomic mass is 79.9. The SMILES string of the molecule is Cc1cc(Br)cn2c(C=O)cnc12. The molecule has 2 aromatic rings. The molecule has 0 spiro atoms. The minimum Gasteiger partial charge on any atom is -0.296 e. The number of imidazole rings is 1. The van der Waals surface area contributed by atoms with Crippen LogP contribution in [-0.2, 0) is 0 Å². The highest BCUT2D eigenvalue weighted by Gasteiger charge is 2.04. The summed E-state index contributed by atoms with van der Waals surface area (Å²) in [5.74, 6) is 0. The minimum absolute atomic E-state index is 0.569. The molecule has 66 valence electrons. The second-order valence-corrected chi connectivity index (χ2v) is 3.75.